The summed E-state index contributed by atoms with van der Waals surface area (Å²) >= 11 is 0. The van der Waals surface area contributed by atoms with Crippen LogP contribution in [0.15, 0.2) is 10.9 Å². The molecule has 1 aromatic rings. The van der Waals surface area contributed by atoms with Gasteiger partial charge in [0.25, 0.3) is 11.5 Å². The number of rotatable bonds is 8. The fraction of sp³-hybridized carbons (Fsp3) is 0.636. The Morgan fingerprint density at radius 3 is 2.52 bits per heavy atom. The van der Waals surface area contributed by atoms with E-state index in [0.717, 1.165) is 49.8 Å². The zero-order valence-electron chi connectivity index (χ0n) is 17.4. The van der Waals surface area contributed by atoms with Crippen LogP contribution in [0.2, 0.25) is 0 Å². The molecule has 29 heavy (non-hydrogen) atoms. The summed E-state index contributed by atoms with van der Waals surface area (Å²) in [6.07, 6.45) is 7.68. The van der Waals surface area contributed by atoms with Crippen LogP contribution >= 0.6 is 0 Å². The van der Waals surface area contributed by atoms with Crippen molar-refractivity contribution < 1.29 is 14.7 Å². The monoisotopic (exact) mass is 401 g/mol. The maximum atomic E-state index is 13.2. The molecule has 0 fully saturated rings. The molecule has 1 amide bonds. The molecule has 158 valence electrons. The zero-order chi connectivity index (χ0) is 21.4. The number of aromatic nitrogens is 1. The second-order valence-corrected chi connectivity index (χ2v) is 8.05. The van der Waals surface area contributed by atoms with Gasteiger partial charge in [0.05, 0.1) is 6.07 Å². The van der Waals surface area contributed by atoms with Gasteiger partial charge in [-0.3, -0.25) is 9.59 Å². The lowest BCUT2D eigenvalue weighted by Crippen LogP contribution is -2.46. The summed E-state index contributed by atoms with van der Waals surface area (Å²) in [6.45, 7) is 3.90. The molecule has 1 aromatic heterocycles. The van der Waals surface area contributed by atoms with E-state index in [1.807, 2.05) is 0 Å². The molecule has 1 atom stereocenters. The van der Waals surface area contributed by atoms with Crippen molar-refractivity contribution in [2.45, 2.75) is 84.2 Å². The number of nitrogens with zero attached hydrogens (tertiary/aromatic N) is 2. The lowest BCUT2D eigenvalue weighted by atomic mass is 9.95. The van der Waals surface area contributed by atoms with Gasteiger partial charge in [-0.2, -0.15) is 5.26 Å². The predicted molar refractivity (Wildman–Crippen MR) is 110 cm³/mol. The smallest absolute Gasteiger partial charge is 0.326 e. The first-order valence-corrected chi connectivity index (χ1v) is 10.5. The second kappa shape index (κ2) is 10.8. The van der Waals surface area contributed by atoms with E-state index >= 15 is 0 Å². The molecule has 1 aliphatic carbocycles. The van der Waals surface area contributed by atoms with Crippen molar-refractivity contribution in [3.05, 3.63) is 33.2 Å². The number of carboxylic acids is 1. The Morgan fingerprint density at radius 1 is 1.21 bits per heavy atom. The van der Waals surface area contributed by atoms with E-state index in [0.29, 0.717) is 25.8 Å². The largest absolute Gasteiger partial charge is 0.480 e. The number of hydrogen-bond donors (Lipinski definition) is 2. The van der Waals surface area contributed by atoms with E-state index in [1.165, 1.54) is 0 Å². The van der Waals surface area contributed by atoms with E-state index < -0.39 is 17.9 Å². The number of aliphatic carboxylic acids is 1. The molecule has 0 radical (unpaired) electrons. The first-order chi connectivity index (χ1) is 13.9. The van der Waals surface area contributed by atoms with Gasteiger partial charge in [-0.1, -0.05) is 26.7 Å². The number of unbranched alkanes of at least 4 members (excludes halogenated alkanes) is 2. The summed E-state index contributed by atoms with van der Waals surface area (Å²) in [6, 6.07) is 2.74. The van der Waals surface area contributed by atoms with Crippen LogP contribution in [0.4, 0.5) is 0 Å². The third-order valence-corrected chi connectivity index (χ3v) is 5.48. The standard InChI is InChI=1S/C22H31N3O4/c1-15(2)19(22(28)29)24-20(26)17-14-16-10-6-3-4-7-11-18(16)25(21(17)27)13-9-5-8-12-23/h14-15,19H,3-11,13H2,1-2H3,(H,24,26)(H,28,29)/t19-/m0/s1. The van der Waals surface area contributed by atoms with Crippen LogP contribution < -0.4 is 10.9 Å². The number of aryl methyl sites for hydroxylation is 1. The Kier molecular flexibility index (Phi) is 8.44. The highest BCUT2D eigenvalue weighted by Crippen LogP contribution is 2.21. The summed E-state index contributed by atoms with van der Waals surface area (Å²) in [5.74, 6) is -2.04. The number of nitriles is 1. The molecule has 0 saturated heterocycles. The normalized spacial score (nSPS) is 15.0. The molecule has 7 heteroatoms. The van der Waals surface area contributed by atoms with Crippen molar-refractivity contribution in [3.63, 3.8) is 0 Å². The number of amides is 1. The van der Waals surface area contributed by atoms with Crippen LogP contribution in [0, 0.1) is 17.2 Å². The van der Waals surface area contributed by atoms with Crippen molar-refractivity contribution in [2.24, 2.45) is 5.92 Å². The first-order valence-electron chi connectivity index (χ1n) is 10.5. The highest BCUT2D eigenvalue weighted by atomic mass is 16.4. The van der Waals surface area contributed by atoms with Gasteiger partial charge in [-0.25, -0.2) is 4.79 Å². The number of carbonyl (C=O) groups is 2. The predicted octanol–water partition coefficient (Wildman–Crippen LogP) is 3.04. The van der Waals surface area contributed by atoms with Crippen LogP contribution in [0.25, 0.3) is 0 Å². The Bertz CT molecular complexity index is 836. The maximum Gasteiger partial charge on any atom is 0.326 e. The van der Waals surface area contributed by atoms with Crippen molar-refractivity contribution in [3.8, 4) is 6.07 Å². The van der Waals surface area contributed by atoms with E-state index in [2.05, 4.69) is 11.4 Å². The molecule has 0 aliphatic heterocycles. The van der Waals surface area contributed by atoms with Gasteiger partial charge in [0.2, 0.25) is 0 Å². The third-order valence-electron chi connectivity index (χ3n) is 5.48. The second-order valence-electron chi connectivity index (χ2n) is 8.05. The lowest BCUT2D eigenvalue weighted by molar-refractivity contribution is -0.140. The van der Waals surface area contributed by atoms with Crippen molar-refractivity contribution in [1.29, 1.82) is 5.26 Å². The van der Waals surface area contributed by atoms with Gasteiger partial charge in [0.15, 0.2) is 0 Å². The molecule has 2 rings (SSSR count). The van der Waals surface area contributed by atoms with Crippen LogP contribution in [0.1, 0.15) is 80.4 Å². The Labute approximate surface area is 171 Å². The van der Waals surface area contributed by atoms with Crippen molar-refractivity contribution >= 4 is 11.9 Å². The minimum Gasteiger partial charge on any atom is -0.480 e. The number of nitrogens with one attached hydrogen (secondary N) is 1. The SMILES string of the molecule is CC(C)[C@H](NC(=O)c1cc2c(n(CCCCC#N)c1=O)CCCCCC2)C(=O)O. The molecule has 0 unspecified atom stereocenters. The fourth-order valence-electron chi connectivity index (χ4n) is 3.84. The molecule has 2 N–H and O–H groups in total. The van der Waals surface area contributed by atoms with Crippen LogP contribution in [0.3, 0.4) is 0 Å². The summed E-state index contributed by atoms with van der Waals surface area (Å²) in [7, 11) is 0. The Balaban J connectivity index is 2.42. The number of hydrogen-bond acceptors (Lipinski definition) is 4. The molecule has 1 heterocycles. The van der Waals surface area contributed by atoms with Gasteiger partial charge >= 0.3 is 5.97 Å². The summed E-state index contributed by atoms with van der Waals surface area (Å²) in [4.78, 5) is 37.4. The van der Waals surface area contributed by atoms with E-state index in [4.69, 9.17) is 5.26 Å². The highest BCUT2D eigenvalue weighted by molar-refractivity contribution is 5.96. The number of fused-ring (bicyclic) bond motifs is 1. The van der Waals surface area contributed by atoms with E-state index in [-0.39, 0.29) is 17.0 Å². The molecule has 1 aliphatic rings. The Morgan fingerprint density at radius 2 is 1.90 bits per heavy atom. The minimum atomic E-state index is -1.11. The third kappa shape index (κ3) is 5.93. The molecule has 0 saturated carbocycles. The maximum absolute atomic E-state index is 13.2. The van der Waals surface area contributed by atoms with Crippen LogP contribution in [-0.2, 0) is 24.2 Å². The first kappa shape index (κ1) is 22.7. The van der Waals surface area contributed by atoms with E-state index in [9.17, 15) is 19.5 Å². The summed E-state index contributed by atoms with van der Waals surface area (Å²) < 4.78 is 1.69. The molecular formula is C22H31N3O4. The number of pyridine rings is 1. The van der Waals surface area contributed by atoms with E-state index in [1.54, 1.807) is 24.5 Å². The zero-order valence-corrected chi connectivity index (χ0v) is 17.4. The Hall–Kier alpha value is -2.62. The average molecular weight is 402 g/mol. The van der Waals surface area contributed by atoms with Crippen molar-refractivity contribution in [2.75, 3.05) is 0 Å². The topological polar surface area (TPSA) is 112 Å². The highest BCUT2D eigenvalue weighted by Gasteiger charge is 2.26. The average Bonchev–Trinajstić information content (AvgIpc) is 2.65. The molecule has 0 bridgehead atoms. The fourth-order valence-corrected chi connectivity index (χ4v) is 3.84. The van der Waals surface area contributed by atoms with Gasteiger partial charge in [0, 0.05) is 18.7 Å². The molecule has 7 nitrogen and oxygen atoms in total. The van der Waals surface area contributed by atoms with Crippen LogP contribution in [0.5, 0.6) is 0 Å². The summed E-state index contributed by atoms with van der Waals surface area (Å²) in [5.41, 5.74) is 1.64. The van der Waals surface area contributed by atoms with Gasteiger partial charge in [-0.05, 0) is 56.1 Å². The molecule has 0 spiro atoms. The van der Waals surface area contributed by atoms with Crippen molar-refractivity contribution in [1.82, 2.24) is 9.88 Å². The van der Waals surface area contributed by atoms with Crippen LogP contribution in [-0.4, -0.2) is 27.6 Å². The lowest BCUT2D eigenvalue weighted by Gasteiger charge is -2.22. The molecule has 0 aromatic carbocycles. The minimum absolute atomic E-state index is 0.0107. The molecular weight excluding hydrogens is 370 g/mol. The van der Waals surface area contributed by atoms with Gasteiger partial charge in [-0.15, -0.1) is 0 Å². The van der Waals surface area contributed by atoms with Gasteiger partial charge < -0.3 is 15.0 Å². The van der Waals surface area contributed by atoms with Gasteiger partial charge in [0.1, 0.15) is 11.6 Å². The number of carbonyl (C=O) groups excluding carboxylic acids is 1. The quantitative estimate of drug-likeness (QED) is 0.650. The number of carboxylic acid groups (broad SMARTS) is 1. The summed E-state index contributed by atoms with van der Waals surface area (Å²) in [5, 5.41) is 20.6.